The van der Waals surface area contributed by atoms with Crippen LogP contribution in [0.1, 0.15) is 50.6 Å². The summed E-state index contributed by atoms with van der Waals surface area (Å²) in [6, 6.07) is 9.65. The fourth-order valence-corrected chi connectivity index (χ4v) is 4.99. The lowest BCUT2D eigenvalue weighted by molar-refractivity contribution is -0.132. The van der Waals surface area contributed by atoms with Gasteiger partial charge in [-0.3, -0.25) is 14.5 Å². The van der Waals surface area contributed by atoms with Gasteiger partial charge in [0.05, 0.1) is 23.9 Å². The summed E-state index contributed by atoms with van der Waals surface area (Å²) < 4.78 is 18.8. The molecule has 3 aromatic rings. The number of anilines is 1. The number of hydrogen-bond donors (Lipinski definition) is 1. The second-order valence-electron chi connectivity index (χ2n) is 8.17. The number of thiazole rings is 1. The van der Waals surface area contributed by atoms with E-state index in [9.17, 15) is 23.9 Å². The highest BCUT2D eigenvalue weighted by atomic mass is 32.1. The largest absolute Gasteiger partial charge is 0.507 e. The third kappa shape index (κ3) is 4.35. The highest BCUT2D eigenvalue weighted by molar-refractivity contribution is 7.17. The van der Waals surface area contributed by atoms with Crippen LogP contribution >= 0.6 is 11.3 Å². The van der Waals surface area contributed by atoms with Crippen LogP contribution in [-0.4, -0.2) is 34.4 Å². The van der Waals surface area contributed by atoms with Crippen molar-refractivity contribution in [2.45, 2.75) is 33.7 Å². The van der Waals surface area contributed by atoms with E-state index < -0.39 is 29.5 Å². The standard InChI is InChI=1S/C26H23FN2O5S/c1-5-34-25(33)23-15(4)28-26(35-23)29-20(16-8-10-17(27)11-9-16)19(22(31)24(29)32)21(30)18-12-13(2)6-7-14(18)3/h6-12,20,30H,5H2,1-4H3. The van der Waals surface area contributed by atoms with Crippen LogP contribution in [0, 0.1) is 26.6 Å². The van der Waals surface area contributed by atoms with E-state index in [1.54, 1.807) is 26.8 Å². The van der Waals surface area contributed by atoms with E-state index in [1.807, 2.05) is 19.1 Å². The van der Waals surface area contributed by atoms with Crippen molar-refractivity contribution in [3.05, 3.63) is 86.7 Å². The Morgan fingerprint density at radius 3 is 2.49 bits per heavy atom. The van der Waals surface area contributed by atoms with Crippen LogP contribution in [-0.2, 0) is 14.3 Å². The number of ether oxygens (including phenoxy) is 1. The third-order valence-electron chi connectivity index (χ3n) is 5.73. The van der Waals surface area contributed by atoms with Gasteiger partial charge in [0, 0.05) is 5.56 Å². The van der Waals surface area contributed by atoms with Gasteiger partial charge in [-0.15, -0.1) is 0 Å². The zero-order valence-electron chi connectivity index (χ0n) is 19.6. The Balaban J connectivity index is 1.94. The maximum absolute atomic E-state index is 13.7. The first kappa shape index (κ1) is 24.3. The van der Waals surface area contributed by atoms with Gasteiger partial charge in [-0.25, -0.2) is 14.2 Å². The maximum atomic E-state index is 13.7. The number of aliphatic hydroxyl groups is 1. The number of nitrogens with zero attached hydrogens (tertiary/aromatic N) is 2. The van der Waals surface area contributed by atoms with E-state index in [1.165, 1.54) is 24.3 Å². The van der Waals surface area contributed by atoms with Crippen LogP contribution in [0.3, 0.4) is 0 Å². The Labute approximate surface area is 205 Å². The Morgan fingerprint density at radius 1 is 1.14 bits per heavy atom. The van der Waals surface area contributed by atoms with Crippen molar-refractivity contribution in [3.63, 3.8) is 0 Å². The molecule has 1 aromatic heterocycles. The number of aliphatic hydroxyl groups excluding tert-OH is 1. The van der Waals surface area contributed by atoms with Gasteiger partial charge in [0.25, 0.3) is 5.78 Å². The zero-order chi connectivity index (χ0) is 25.4. The van der Waals surface area contributed by atoms with Gasteiger partial charge in [0.2, 0.25) is 0 Å². The molecule has 7 nitrogen and oxygen atoms in total. The highest BCUT2D eigenvalue weighted by Crippen LogP contribution is 2.44. The summed E-state index contributed by atoms with van der Waals surface area (Å²) in [4.78, 5) is 44.6. The molecule has 9 heteroatoms. The Bertz CT molecular complexity index is 1380. The summed E-state index contributed by atoms with van der Waals surface area (Å²) in [6.45, 7) is 7.08. The summed E-state index contributed by atoms with van der Waals surface area (Å²) in [5.74, 6) is -3.21. The minimum atomic E-state index is -1.07. The smallest absolute Gasteiger partial charge is 0.350 e. The molecule has 1 saturated heterocycles. The molecule has 1 aliphatic heterocycles. The maximum Gasteiger partial charge on any atom is 0.350 e. The van der Waals surface area contributed by atoms with Gasteiger partial charge in [-0.05, 0) is 57.0 Å². The zero-order valence-corrected chi connectivity index (χ0v) is 20.4. The molecule has 2 heterocycles. The summed E-state index contributed by atoms with van der Waals surface area (Å²) >= 11 is 0.916. The second-order valence-corrected chi connectivity index (χ2v) is 9.15. The molecule has 0 aliphatic carbocycles. The fourth-order valence-electron chi connectivity index (χ4n) is 4.00. The predicted octanol–water partition coefficient (Wildman–Crippen LogP) is 5.01. The van der Waals surface area contributed by atoms with E-state index >= 15 is 0 Å². The molecule has 1 aliphatic rings. The molecule has 0 saturated carbocycles. The van der Waals surface area contributed by atoms with Crippen LogP contribution in [0.5, 0.6) is 0 Å². The van der Waals surface area contributed by atoms with Crippen LogP contribution in [0.2, 0.25) is 0 Å². The van der Waals surface area contributed by atoms with Gasteiger partial charge < -0.3 is 9.84 Å². The molecule has 0 bridgehead atoms. The molecule has 1 atom stereocenters. The van der Waals surface area contributed by atoms with Gasteiger partial charge >= 0.3 is 11.9 Å². The molecule has 1 unspecified atom stereocenters. The second kappa shape index (κ2) is 9.42. The number of aryl methyl sites for hydroxylation is 3. The third-order valence-corrected chi connectivity index (χ3v) is 6.87. The van der Waals surface area contributed by atoms with Crippen LogP contribution in [0.4, 0.5) is 9.52 Å². The summed E-state index contributed by atoms with van der Waals surface area (Å²) in [5.41, 5.74) is 2.60. The van der Waals surface area contributed by atoms with Gasteiger partial charge in [-0.1, -0.05) is 41.2 Å². The average molecular weight is 495 g/mol. The molecule has 1 fully saturated rings. The molecular formula is C26H23FN2O5S. The molecule has 1 N–H and O–H groups in total. The number of halogens is 1. The normalized spacial score (nSPS) is 17.2. The van der Waals surface area contributed by atoms with E-state index in [2.05, 4.69) is 4.98 Å². The molecule has 2 aromatic carbocycles. The van der Waals surface area contributed by atoms with E-state index in [4.69, 9.17) is 4.74 Å². The van der Waals surface area contributed by atoms with Gasteiger partial charge in [0.15, 0.2) is 5.13 Å². The van der Waals surface area contributed by atoms with Gasteiger partial charge in [0.1, 0.15) is 16.5 Å². The monoisotopic (exact) mass is 494 g/mol. The van der Waals surface area contributed by atoms with Crippen molar-refractivity contribution in [1.29, 1.82) is 0 Å². The van der Waals surface area contributed by atoms with Crippen LogP contribution in [0.25, 0.3) is 5.76 Å². The minimum Gasteiger partial charge on any atom is -0.507 e. The lowest BCUT2D eigenvalue weighted by Crippen LogP contribution is -2.29. The SMILES string of the molecule is CCOC(=O)c1sc(N2C(=O)C(=O)C(=C(O)c3cc(C)ccc3C)C2c2ccc(F)cc2)nc1C. The van der Waals surface area contributed by atoms with Crippen molar-refractivity contribution in [2.75, 3.05) is 11.5 Å². The number of hydrogen-bond acceptors (Lipinski definition) is 7. The first-order valence-corrected chi connectivity index (χ1v) is 11.7. The molecule has 0 spiro atoms. The van der Waals surface area contributed by atoms with Crippen molar-refractivity contribution in [1.82, 2.24) is 4.98 Å². The van der Waals surface area contributed by atoms with Crippen molar-refractivity contribution in [2.24, 2.45) is 0 Å². The number of ketones is 1. The van der Waals surface area contributed by atoms with Gasteiger partial charge in [-0.2, -0.15) is 0 Å². The molecule has 35 heavy (non-hydrogen) atoms. The predicted molar refractivity (Wildman–Crippen MR) is 130 cm³/mol. The van der Waals surface area contributed by atoms with E-state index in [-0.39, 0.29) is 27.9 Å². The number of carbonyl (C=O) groups excluding carboxylic acids is 3. The quantitative estimate of drug-likeness (QED) is 0.232. The number of rotatable bonds is 5. The number of carbonyl (C=O) groups is 3. The summed E-state index contributed by atoms with van der Waals surface area (Å²) in [7, 11) is 0. The fraction of sp³-hybridized carbons (Fsp3) is 0.231. The lowest BCUT2D eigenvalue weighted by Gasteiger charge is -2.23. The number of aromatic nitrogens is 1. The Kier molecular flexibility index (Phi) is 6.53. The van der Waals surface area contributed by atoms with E-state index in [0.29, 0.717) is 22.4 Å². The Morgan fingerprint density at radius 2 is 1.83 bits per heavy atom. The van der Waals surface area contributed by atoms with Crippen LogP contribution in [0.15, 0.2) is 48.0 Å². The molecular weight excluding hydrogens is 471 g/mol. The van der Waals surface area contributed by atoms with Crippen molar-refractivity contribution in [3.8, 4) is 0 Å². The highest BCUT2D eigenvalue weighted by Gasteiger charge is 2.48. The number of esters is 1. The van der Waals surface area contributed by atoms with Crippen LogP contribution < -0.4 is 4.90 Å². The molecule has 1 amide bonds. The van der Waals surface area contributed by atoms with Crippen molar-refractivity contribution >= 4 is 39.9 Å². The number of benzene rings is 2. The van der Waals surface area contributed by atoms with E-state index in [0.717, 1.165) is 21.8 Å². The molecule has 4 rings (SSSR count). The minimum absolute atomic E-state index is 0.0991. The first-order chi connectivity index (χ1) is 16.6. The first-order valence-electron chi connectivity index (χ1n) is 10.9. The summed E-state index contributed by atoms with van der Waals surface area (Å²) in [6.07, 6.45) is 0. The van der Waals surface area contributed by atoms with Crippen molar-refractivity contribution < 1.29 is 28.6 Å². The Hall–Kier alpha value is -3.85. The average Bonchev–Trinajstić information content (AvgIpc) is 3.33. The molecule has 180 valence electrons. The number of amides is 1. The summed E-state index contributed by atoms with van der Waals surface area (Å²) in [5, 5.41) is 11.4. The number of Topliss-reactive ketones (excluding diaryl/α,β-unsaturated/α-hetero) is 1. The lowest BCUT2D eigenvalue weighted by atomic mass is 9.93. The topological polar surface area (TPSA) is 96.8 Å². The molecule has 0 radical (unpaired) electrons.